The van der Waals surface area contributed by atoms with Gasteiger partial charge in [-0.25, -0.2) is 0 Å². The molecule has 0 bridgehead atoms. The lowest BCUT2D eigenvalue weighted by Gasteiger charge is -2.21. The molecule has 2 N–H and O–H groups in total. The van der Waals surface area contributed by atoms with E-state index < -0.39 is 0 Å². The lowest BCUT2D eigenvalue weighted by Crippen LogP contribution is -2.36. The number of aliphatic hydroxyl groups is 1. The molecule has 0 heterocycles. The van der Waals surface area contributed by atoms with Gasteiger partial charge >= 0.3 is 0 Å². The Labute approximate surface area is 138 Å². The van der Waals surface area contributed by atoms with Crippen LogP contribution in [-0.2, 0) is 4.79 Å². The summed E-state index contributed by atoms with van der Waals surface area (Å²) < 4.78 is 0. The van der Waals surface area contributed by atoms with E-state index in [1.54, 1.807) is 0 Å². The minimum absolute atomic E-state index is 0.0592. The quantitative estimate of drug-likeness (QED) is 0.684. The Morgan fingerprint density at radius 2 is 2.00 bits per heavy atom. The van der Waals surface area contributed by atoms with Gasteiger partial charge in [-0.05, 0) is 44.0 Å². The van der Waals surface area contributed by atoms with E-state index in [4.69, 9.17) is 16.7 Å². The van der Waals surface area contributed by atoms with Gasteiger partial charge in [-0.15, -0.1) is 0 Å². The summed E-state index contributed by atoms with van der Waals surface area (Å²) in [6.45, 7) is 7.71. The first kappa shape index (κ1) is 18.9. The van der Waals surface area contributed by atoms with Crippen molar-refractivity contribution in [3.63, 3.8) is 0 Å². The number of carbonyl (C=O) groups excluding carboxylic acids is 1. The Hall–Kier alpha value is -1.10. The largest absolute Gasteiger partial charge is 0.395 e. The standard InChI is InChI=1S/C17H27ClN2O2/c1-4-5-6-7-20(8-9-21)12-16(22)19-17-14(3)10-13(2)11-15(17)18/h10-11,21H,4-9,12H2,1-3H3,(H,19,22). The number of anilines is 1. The maximum atomic E-state index is 12.2. The molecule has 1 aromatic rings. The highest BCUT2D eigenvalue weighted by atomic mass is 35.5. The number of halogens is 1. The van der Waals surface area contributed by atoms with Crippen LogP contribution in [-0.4, -0.2) is 42.2 Å². The average Bonchev–Trinajstić information content (AvgIpc) is 2.43. The Morgan fingerprint density at radius 3 is 2.59 bits per heavy atom. The number of hydrogen-bond donors (Lipinski definition) is 2. The summed E-state index contributed by atoms with van der Waals surface area (Å²) in [5, 5.41) is 12.6. The van der Waals surface area contributed by atoms with Crippen LogP contribution >= 0.6 is 11.6 Å². The number of unbranched alkanes of at least 4 members (excludes halogenated alkanes) is 2. The first-order valence-corrected chi connectivity index (χ1v) is 8.25. The number of aliphatic hydroxyl groups excluding tert-OH is 1. The third kappa shape index (κ3) is 6.34. The molecule has 0 aliphatic rings. The van der Waals surface area contributed by atoms with Crippen molar-refractivity contribution in [1.29, 1.82) is 0 Å². The zero-order chi connectivity index (χ0) is 16.5. The van der Waals surface area contributed by atoms with Crippen LogP contribution in [0, 0.1) is 13.8 Å². The summed E-state index contributed by atoms with van der Waals surface area (Å²) in [5.74, 6) is -0.0983. The third-order valence-corrected chi connectivity index (χ3v) is 3.86. The summed E-state index contributed by atoms with van der Waals surface area (Å²) in [5.41, 5.74) is 2.70. The van der Waals surface area contributed by atoms with Crippen molar-refractivity contribution in [2.24, 2.45) is 0 Å². The predicted octanol–water partition coefficient (Wildman–Crippen LogP) is 3.38. The van der Waals surface area contributed by atoms with Crippen LogP contribution in [0.25, 0.3) is 0 Å². The maximum Gasteiger partial charge on any atom is 0.238 e. The minimum Gasteiger partial charge on any atom is -0.395 e. The SMILES string of the molecule is CCCCCN(CCO)CC(=O)Nc1c(C)cc(C)cc1Cl. The Kier molecular flexibility index (Phi) is 8.46. The van der Waals surface area contributed by atoms with Gasteiger partial charge in [0.15, 0.2) is 0 Å². The van der Waals surface area contributed by atoms with Crippen LogP contribution in [0.15, 0.2) is 12.1 Å². The second-order valence-corrected chi connectivity index (χ2v) is 6.10. The van der Waals surface area contributed by atoms with Crippen molar-refractivity contribution in [2.45, 2.75) is 40.0 Å². The fourth-order valence-electron chi connectivity index (χ4n) is 2.45. The van der Waals surface area contributed by atoms with Crippen molar-refractivity contribution in [3.05, 3.63) is 28.3 Å². The number of amides is 1. The molecule has 0 unspecified atom stereocenters. The van der Waals surface area contributed by atoms with Crippen molar-refractivity contribution >= 4 is 23.2 Å². The van der Waals surface area contributed by atoms with Gasteiger partial charge in [0.2, 0.25) is 5.91 Å². The van der Waals surface area contributed by atoms with Crippen molar-refractivity contribution in [2.75, 3.05) is 31.6 Å². The molecule has 22 heavy (non-hydrogen) atoms. The second-order valence-electron chi connectivity index (χ2n) is 5.69. The minimum atomic E-state index is -0.0983. The lowest BCUT2D eigenvalue weighted by atomic mass is 10.1. The van der Waals surface area contributed by atoms with Crippen LogP contribution in [0.2, 0.25) is 5.02 Å². The van der Waals surface area contributed by atoms with Gasteiger partial charge in [-0.3, -0.25) is 9.69 Å². The highest BCUT2D eigenvalue weighted by Crippen LogP contribution is 2.27. The van der Waals surface area contributed by atoms with Gasteiger partial charge in [0.1, 0.15) is 0 Å². The van der Waals surface area contributed by atoms with Crippen LogP contribution in [0.5, 0.6) is 0 Å². The summed E-state index contributed by atoms with van der Waals surface area (Å²) in [7, 11) is 0. The molecule has 0 saturated carbocycles. The van der Waals surface area contributed by atoms with E-state index in [1.165, 1.54) is 0 Å². The van der Waals surface area contributed by atoms with Gasteiger partial charge in [0.05, 0.1) is 23.9 Å². The van der Waals surface area contributed by atoms with Gasteiger partial charge in [0.25, 0.3) is 0 Å². The Morgan fingerprint density at radius 1 is 1.27 bits per heavy atom. The summed E-state index contributed by atoms with van der Waals surface area (Å²) in [6, 6.07) is 3.84. The lowest BCUT2D eigenvalue weighted by molar-refractivity contribution is -0.117. The maximum absolute atomic E-state index is 12.2. The monoisotopic (exact) mass is 326 g/mol. The molecular formula is C17H27ClN2O2. The van der Waals surface area contributed by atoms with E-state index in [0.717, 1.165) is 36.9 Å². The molecule has 0 aliphatic carbocycles. The van der Waals surface area contributed by atoms with Crippen molar-refractivity contribution < 1.29 is 9.90 Å². The van der Waals surface area contributed by atoms with Gasteiger partial charge in [-0.2, -0.15) is 0 Å². The Bertz CT molecular complexity index is 469. The molecule has 0 aromatic heterocycles. The summed E-state index contributed by atoms with van der Waals surface area (Å²) in [6.07, 6.45) is 3.30. The van der Waals surface area contributed by atoms with Crippen LogP contribution < -0.4 is 5.32 Å². The number of hydrogen-bond acceptors (Lipinski definition) is 3. The van der Waals surface area contributed by atoms with Crippen molar-refractivity contribution in [1.82, 2.24) is 4.90 Å². The molecule has 1 rings (SSSR count). The fourth-order valence-corrected chi connectivity index (χ4v) is 2.82. The number of carbonyl (C=O) groups is 1. The van der Waals surface area contributed by atoms with E-state index in [9.17, 15) is 4.79 Å². The number of benzene rings is 1. The molecule has 1 amide bonds. The van der Waals surface area contributed by atoms with E-state index in [1.807, 2.05) is 30.9 Å². The van der Waals surface area contributed by atoms with Gasteiger partial charge in [-0.1, -0.05) is 37.4 Å². The number of nitrogens with zero attached hydrogens (tertiary/aromatic N) is 1. The molecule has 4 nitrogen and oxygen atoms in total. The molecular weight excluding hydrogens is 300 g/mol. The van der Waals surface area contributed by atoms with Crippen molar-refractivity contribution in [3.8, 4) is 0 Å². The number of nitrogens with one attached hydrogen (secondary N) is 1. The molecule has 0 aliphatic heterocycles. The molecule has 0 spiro atoms. The van der Waals surface area contributed by atoms with Crippen LogP contribution in [0.3, 0.4) is 0 Å². The van der Waals surface area contributed by atoms with E-state index >= 15 is 0 Å². The predicted molar refractivity (Wildman–Crippen MR) is 92.6 cm³/mol. The summed E-state index contributed by atoms with van der Waals surface area (Å²) >= 11 is 6.21. The highest BCUT2D eigenvalue weighted by molar-refractivity contribution is 6.34. The molecule has 5 heteroatoms. The first-order chi connectivity index (χ1) is 10.5. The molecule has 0 atom stereocenters. The average molecular weight is 327 g/mol. The first-order valence-electron chi connectivity index (χ1n) is 7.87. The van der Waals surface area contributed by atoms with E-state index in [0.29, 0.717) is 17.3 Å². The van der Waals surface area contributed by atoms with Crippen LogP contribution in [0.1, 0.15) is 37.3 Å². The topological polar surface area (TPSA) is 52.6 Å². The zero-order valence-electron chi connectivity index (χ0n) is 13.8. The molecule has 0 saturated heterocycles. The van der Waals surface area contributed by atoms with Gasteiger partial charge in [0, 0.05) is 6.54 Å². The molecule has 1 aromatic carbocycles. The van der Waals surface area contributed by atoms with E-state index in [2.05, 4.69) is 12.2 Å². The van der Waals surface area contributed by atoms with Crippen LogP contribution in [0.4, 0.5) is 5.69 Å². The number of aryl methyl sites for hydroxylation is 2. The number of rotatable bonds is 9. The van der Waals surface area contributed by atoms with E-state index in [-0.39, 0.29) is 19.1 Å². The molecule has 124 valence electrons. The smallest absolute Gasteiger partial charge is 0.238 e. The normalized spacial score (nSPS) is 11.0. The Balaban J connectivity index is 2.63. The second kappa shape index (κ2) is 9.82. The summed E-state index contributed by atoms with van der Waals surface area (Å²) in [4.78, 5) is 14.2. The highest BCUT2D eigenvalue weighted by Gasteiger charge is 2.13. The molecule has 0 fully saturated rings. The fraction of sp³-hybridized carbons (Fsp3) is 0.588. The van der Waals surface area contributed by atoms with Gasteiger partial charge < -0.3 is 10.4 Å². The molecule has 0 radical (unpaired) electrons. The third-order valence-electron chi connectivity index (χ3n) is 3.56. The zero-order valence-corrected chi connectivity index (χ0v) is 14.5.